The molecule has 0 bridgehead atoms. The minimum Gasteiger partial charge on any atom is -0.467 e. The number of thioether (sulfide) groups is 1. The second-order valence-corrected chi connectivity index (χ2v) is 6.80. The molecule has 0 N–H and O–H groups in total. The van der Waals surface area contributed by atoms with Crippen molar-refractivity contribution >= 4 is 34.2 Å². The Morgan fingerprint density at radius 3 is 2.65 bits per heavy atom. The Morgan fingerprint density at radius 1 is 1.39 bits per heavy atom. The number of carbonyl (C=O) groups excluding carboxylic acids is 1. The Bertz CT molecular complexity index is 529. The highest BCUT2D eigenvalue weighted by Gasteiger charge is 2.33. The fourth-order valence-electron chi connectivity index (χ4n) is 2.25. The molecule has 23 heavy (non-hydrogen) atoms. The number of alkyl halides is 3. The highest BCUT2D eigenvalue weighted by Crippen LogP contribution is 2.21. The van der Waals surface area contributed by atoms with Gasteiger partial charge in [-0.05, 0) is 25.0 Å². The maximum absolute atomic E-state index is 12.7. The number of halogens is 3. The van der Waals surface area contributed by atoms with Gasteiger partial charge in [-0.25, -0.2) is 0 Å². The molecule has 1 aromatic rings. The summed E-state index contributed by atoms with van der Waals surface area (Å²) in [6.45, 7) is 0.184. The van der Waals surface area contributed by atoms with Gasteiger partial charge in [0.25, 0.3) is 0 Å². The van der Waals surface area contributed by atoms with Gasteiger partial charge in [0.2, 0.25) is 5.91 Å². The molecule has 9 heteroatoms. The standard InChI is InChI=1S/C14H17F3N2O2S2/c15-14(16,17)10-19(8-11-4-3-7-21-11)12(20)9-23-13(22)18-5-1-2-6-18/h3-4,7H,1-2,5-6,8-10H2. The maximum Gasteiger partial charge on any atom is 0.406 e. The molecule has 1 fully saturated rings. The molecule has 0 atom stereocenters. The molecule has 0 spiro atoms. The molecule has 0 radical (unpaired) electrons. The van der Waals surface area contributed by atoms with Crippen LogP contribution in [0.3, 0.4) is 0 Å². The third kappa shape index (κ3) is 6.06. The molecule has 128 valence electrons. The lowest BCUT2D eigenvalue weighted by atomic mass is 10.3. The second-order valence-electron chi connectivity index (χ2n) is 5.19. The number of rotatable bonds is 5. The van der Waals surface area contributed by atoms with Crippen molar-refractivity contribution in [3.63, 3.8) is 0 Å². The summed E-state index contributed by atoms with van der Waals surface area (Å²) in [7, 11) is 0. The second kappa shape index (κ2) is 8.05. The SMILES string of the molecule is O=C(CSC(=S)N1CCCC1)N(Cc1ccco1)CC(F)(F)F. The molecular weight excluding hydrogens is 349 g/mol. The van der Waals surface area contributed by atoms with Gasteiger partial charge in [-0.1, -0.05) is 24.0 Å². The van der Waals surface area contributed by atoms with Crippen molar-refractivity contribution < 1.29 is 22.4 Å². The van der Waals surface area contributed by atoms with E-state index < -0.39 is 18.6 Å². The molecule has 1 aromatic heterocycles. The van der Waals surface area contributed by atoms with Crippen molar-refractivity contribution in [3.8, 4) is 0 Å². The Balaban J connectivity index is 1.91. The number of nitrogens with zero attached hydrogens (tertiary/aromatic N) is 2. The minimum absolute atomic E-state index is 0.105. The predicted octanol–water partition coefficient (Wildman–Crippen LogP) is 3.28. The van der Waals surface area contributed by atoms with Crippen LogP contribution in [0.5, 0.6) is 0 Å². The van der Waals surface area contributed by atoms with Gasteiger partial charge in [0.15, 0.2) is 0 Å². The van der Waals surface area contributed by atoms with Gasteiger partial charge in [-0.3, -0.25) is 4.79 Å². The van der Waals surface area contributed by atoms with E-state index >= 15 is 0 Å². The number of likely N-dealkylation sites (tertiary alicyclic amines) is 1. The number of thiocarbonyl (C=S) groups is 1. The third-order valence-corrected chi connectivity index (χ3v) is 4.84. The van der Waals surface area contributed by atoms with E-state index in [0.29, 0.717) is 10.1 Å². The maximum atomic E-state index is 12.7. The molecular formula is C14H17F3N2O2S2. The average molecular weight is 366 g/mol. The number of carbonyl (C=O) groups is 1. The molecule has 1 aliphatic heterocycles. The predicted molar refractivity (Wildman–Crippen MR) is 86.0 cm³/mol. The van der Waals surface area contributed by atoms with E-state index in [0.717, 1.165) is 42.6 Å². The van der Waals surface area contributed by atoms with Crippen LogP contribution in [-0.4, -0.2) is 51.6 Å². The summed E-state index contributed by atoms with van der Waals surface area (Å²) in [5.74, 6) is -0.397. The summed E-state index contributed by atoms with van der Waals surface area (Å²) >= 11 is 6.34. The Hall–Kier alpha value is -1.22. The molecule has 0 saturated carbocycles. The summed E-state index contributed by atoms with van der Waals surface area (Å²) in [5, 5.41) is 0. The fraction of sp³-hybridized carbons (Fsp3) is 0.571. The van der Waals surface area contributed by atoms with E-state index in [-0.39, 0.29) is 12.3 Å². The van der Waals surface area contributed by atoms with Crippen LogP contribution in [0, 0.1) is 0 Å². The zero-order valence-electron chi connectivity index (χ0n) is 12.3. The van der Waals surface area contributed by atoms with Crippen molar-refractivity contribution in [3.05, 3.63) is 24.2 Å². The van der Waals surface area contributed by atoms with Crippen LogP contribution < -0.4 is 0 Å². The average Bonchev–Trinajstić information content (AvgIpc) is 3.15. The molecule has 0 aliphatic carbocycles. The molecule has 1 aliphatic rings. The van der Waals surface area contributed by atoms with Crippen molar-refractivity contribution in [2.24, 2.45) is 0 Å². The lowest BCUT2D eigenvalue weighted by Gasteiger charge is -2.24. The summed E-state index contributed by atoms with van der Waals surface area (Å²) in [6, 6.07) is 3.11. The van der Waals surface area contributed by atoms with Crippen LogP contribution in [0.15, 0.2) is 22.8 Å². The zero-order chi connectivity index (χ0) is 16.9. The van der Waals surface area contributed by atoms with E-state index in [1.807, 2.05) is 4.90 Å². The normalized spacial score (nSPS) is 15.0. The number of amides is 1. The summed E-state index contributed by atoms with van der Waals surface area (Å²) in [4.78, 5) is 14.9. The van der Waals surface area contributed by atoms with Crippen LogP contribution >= 0.6 is 24.0 Å². The van der Waals surface area contributed by atoms with E-state index in [1.165, 1.54) is 6.26 Å². The highest BCUT2D eigenvalue weighted by atomic mass is 32.2. The van der Waals surface area contributed by atoms with Crippen molar-refractivity contribution in [1.82, 2.24) is 9.80 Å². The van der Waals surface area contributed by atoms with Gasteiger partial charge in [0.05, 0.1) is 18.6 Å². The van der Waals surface area contributed by atoms with Crippen molar-refractivity contribution in [2.45, 2.75) is 25.6 Å². The van der Waals surface area contributed by atoms with Crippen LogP contribution in [0.1, 0.15) is 18.6 Å². The van der Waals surface area contributed by atoms with Crippen molar-refractivity contribution in [2.75, 3.05) is 25.4 Å². The quantitative estimate of drug-likeness (QED) is 0.748. The third-order valence-electron chi connectivity index (χ3n) is 3.33. The first kappa shape index (κ1) is 18.1. The van der Waals surface area contributed by atoms with E-state index in [2.05, 4.69) is 0 Å². The summed E-state index contributed by atoms with van der Waals surface area (Å²) in [6.07, 6.45) is -0.994. The molecule has 0 unspecified atom stereocenters. The van der Waals surface area contributed by atoms with Crippen molar-refractivity contribution in [1.29, 1.82) is 0 Å². The van der Waals surface area contributed by atoms with Gasteiger partial charge in [0.1, 0.15) is 16.6 Å². The Morgan fingerprint density at radius 2 is 2.09 bits per heavy atom. The Labute approximate surface area is 142 Å². The van der Waals surface area contributed by atoms with Gasteiger partial charge < -0.3 is 14.2 Å². The first-order valence-corrected chi connectivity index (χ1v) is 8.53. The molecule has 2 rings (SSSR count). The van der Waals surface area contributed by atoms with Gasteiger partial charge >= 0.3 is 6.18 Å². The van der Waals surface area contributed by atoms with Gasteiger partial charge in [0, 0.05) is 13.1 Å². The van der Waals surface area contributed by atoms with Crippen LogP contribution in [0.2, 0.25) is 0 Å². The first-order valence-electron chi connectivity index (χ1n) is 7.14. The monoisotopic (exact) mass is 366 g/mol. The van der Waals surface area contributed by atoms with Gasteiger partial charge in [-0.2, -0.15) is 13.2 Å². The van der Waals surface area contributed by atoms with Crippen LogP contribution in [0.4, 0.5) is 13.2 Å². The summed E-state index contributed by atoms with van der Waals surface area (Å²) in [5.41, 5.74) is 0. The van der Waals surface area contributed by atoms with Gasteiger partial charge in [-0.15, -0.1) is 0 Å². The fourth-order valence-corrected chi connectivity index (χ4v) is 3.40. The summed E-state index contributed by atoms with van der Waals surface area (Å²) < 4.78 is 43.6. The van der Waals surface area contributed by atoms with E-state index in [9.17, 15) is 18.0 Å². The number of hydrogen-bond donors (Lipinski definition) is 0. The lowest BCUT2D eigenvalue weighted by molar-refractivity contribution is -0.161. The number of hydrogen-bond acceptors (Lipinski definition) is 4. The molecule has 0 aromatic carbocycles. The molecule has 1 amide bonds. The lowest BCUT2D eigenvalue weighted by Crippen LogP contribution is -2.39. The molecule has 4 nitrogen and oxygen atoms in total. The topological polar surface area (TPSA) is 36.7 Å². The zero-order valence-corrected chi connectivity index (χ0v) is 14.0. The largest absolute Gasteiger partial charge is 0.467 e. The van der Waals surface area contributed by atoms with E-state index in [4.69, 9.17) is 16.6 Å². The minimum atomic E-state index is -4.46. The first-order chi connectivity index (χ1) is 10.8. The number of furan rings is 1. The van der Waals surface area contributed by atoms with Crippen LogP contribution in [0.25, 0.3) is 0 Å². The Kier molecular flexibility index (Phi) is 6.34. The van der Waals surface area contributed by atoms with Crippen LogP contribution in [-0.2, 0) is 11.3 Å². The highest BCUT2D eigenvalue weighted by molar-refractivity contribution is 8.23. The molecule has 1 saturated heterocycles. The molecule has 2 heterocycles. The van der Waals surface area contributed by atoms with E-state index in [1.54, 1.807) is 12.1 Å². The smallest absolute Gasteiger partial charge is 0.406 e.